The smallest absolute Gasteiger partial charge is 0.338 e. The molecule has 3 nitrogen and oxygen atoms in total. The lowest BCUT2D eigenvalue weighted by molar-refractivity contribution is 0.0526. The Morgan fingerprint density at radius 3 is 2.50 bits per heavy atom. The molecular formula is C13H13NO2. The Labute approximate surface area is 94.6 Å². The second-order valence-corrected chi connectivity index (χ2v) is 3.99. The quantitative estimate of drug-likeness (QED) is 0.727. The first-order valence-electron chi connectivity index (χ1n) is 5.41. The Bertz CT molecular complexity index is 438. The lowest BCUT2D eigenvalue weighted by atomic mass is 9.97. The molecule has 0 unspecified atom stereocenters. The molecule has 0 aliphatic heterocycles. The molecule has 82 valence electrons. The van der Waals surface area contributed by atoms with E-state index in [0.717, 1.165) is 18.4 Å². The highest BCUT2D eigenvalue weighted by Gasteiger charge is 2.44. The van der Waals surface area contributed by atoms with Crippen molar-refractivity contribution in [1.29, 1.82) is 5.26 Å². The van der Waals surface area contributed by atoms with E-state index >= 15 is 0 Å². The molecule has 1 aromatic carbocycles. The minimum absolute atomic E-state index is 0.285. The largest absolute Gasteiger partial charge is 0.462 e. The van der Waals surface area contributed by atoms with Crippen LogP contribution in [0.4, 0.5) is 0 Å². The van der Waals surface area contributed by atoms with Crippen LogP contribution in [0.1, 0.15) is 35.7 Å². The summed E-state index contributed by atoms with van der Waals surface area (Å²) >= 11 is 0. The molecule has 1 saturated carbocycles. The summed E-state index contributed by atoms with van der Waals surface area (Å²) < 4.78 is 4.89. The fourth-order valence-corrected chi connectivity index (χ4v) is 1.73. The lowest BCUT2D eigenvalue weighted by Crippen LogP contribution is -2.06. The van der Waals surface area contributed by atoms with Crippen LogP contribution >= 0.6 is 0 Å². The van der Waals surface area contributed by atoms with Crippen LogP contribution in [0.3, 0.4) is 0 Å². The maximum absolute atomic E-state index is 11.4. The summed E-state index contributed by atoms with van der Waals surface area (Å²) in [6, 6.07) is 9.48. The van der Waals surface area contributed by atoms with Crippen LogP contribution in [0.2, 0.25) is 0 Å². The topological polar surface area (TPSA) is 50.1 Å². The molecule has 0 atom stereocenters. The Kier molecular flexibility index (Phi) is 2.66. The number of nitrogens with zero attached hydrogens (tertiary/aromatic N) is 1. The highest BCUT2D eigenvalue weighted by molar-refractivity contribution is 5.89. The first-order valence-corrected chi connectivity index (χ1v) is 5.41. The van der Waals surface area contributed by atoms with Gasteiger partial charge in [-0.3, -0.25) is 0 Å². The van der Waals surface area contributed by atoms with Gasteiger partial charge in [-0.2, -0.15) is 5.26 Å². The van der Waals surface area contributed by atoms with E-state index in [4.69, 9.17) is 10.00 Å². The Morgan fingerprint density at radius 2 is 2.06 bits per heavy atom. The molecular weight excluding hydrogens is 202 g/mol. The van der Waals surface area contributed by atoms with E-state index in [-0.39, 0.29) is 11.4 Å². The van der Waals surface area contributed by atoms with E-state index in [1.165, 1.54) is 0 Å². The number of carbonyl (C=O) groups excluding carboxylic acids is 1. The molecule has 2 rings (SSSR count). The predicted molar refractivity (Wildman–Crippen MR) is 58.9 cm³/mol. The molecule has 1 aliphatic carbocycles. The zero-order valence-electron chi connectivity index (χ0n) is 9.19. The van der Waals surface area contributed by atoms with Crippen molar-refractivity contribution in [3.8, 4) is 6.07 Å². The first-order chi connectivity index (χ1) is 7.72. The molecule has 0 amide bonds. The highest BCUT2D eigenvalue weighted by Crippen LogP contribution is 2.47. The monoisotopic (exact) mass is 215 g/mol. The van der Waals surface area contributed by atoms with Crippen molar-refractivity contribution in [3.05, 3.63) is 35.4 Å². The minimum Gasteiger partial charge on any atom is -0.462 e. The lowest BCUT2D eigenvalue weighted by Gasteiger charge is -2.07. The SMILES string of the molecule is CCOC(=O)c1ccc(C2(C#N)CC2)cc1. The van der Waals surface area contributed by atoms with Crippen molar-refractivity contribution in [2.75, 3.05) is 6.61 Å². The first kappa shape index (κ1) is 10.7. The van der Waals surface area contributed by atoms with Crippen LogP contribution in [-0.2, 0) is 10.2 Å². The number of ether oxygens (including phenoxy) is 1. The van der Waals surface area contributed by atoms with Gasteiger partial charge in [0.05, 0.1) is 23.7 Å². The Hall–Kier alpha value is -1.82. The van der Waals surface area contributed by atoms with Gasteiger partial charge < -0.3 is 4.74 Å². The maximum atomic E-state index is 11.4. The fraction of sp³-hybridized carbons (Fsp3) is 0.385. The van der Waals surface area contributed by atoms with Gasteiger partial charge in [-0.05, 0) is 37.5 Å². The number of benzene rings is 1. The van der Waals surface area contributed by atoms with Crippen molar-refractivity contribution in [2.24, 2.45) is 0 Å². The number of carbonyl (C=O) groups is 1. The third-order valence-corrected chi connectivity index (χ3v) is 2.91. The van der Waals surface area contributed by atoms with Crippen LogP contribution in [0.25, 0.3) is 0 Å². The molecule has 0 radical (unpaired) electrons. The average molecular weight is 215 g/mol. The van der Waals surface area contributed by atoms with Gasteiger partial charge in [0.15, 0.2) is 0 Å². The zero-order chi connectivity index (χ0) is 11.6. The van der Waals surface area contributed by atoms with E-state index in [1.807, 2.05) is 12.1 Å². The van der Waals surface area contributed by atoms with Crippen LogP contribution < -0.4 is 0 Å². The molecule has 0 saturated heterocycles. The van der Waals surface area contributed by atoms with Gasteiger partial charge in [-0.25, -0.2) is 4.79 Å². The second kappa shape index (κ2) is 3.97. The van der Waals surface area contributed by atoms with Crippen molar-refractivity contribution in [2.45, 2.75) is 25.2 Å². The van der Waals surface area contributed by atoms with Crippen molar-refractivity contribution in [3.63, 3.8) is 0 Å². The molecule has 1 aliphatic rings. The summed E-state index contributed by atoms with van der Waals surface area (Å²) in [7, 11) is 0. The van der Waals surface area contributed by atoms with Crippen LogP contribution in [0.15, 0.2) is 24.3 Å². The van der Waals surface area contributed by atoms with Crippen LogP contribution in [-0.4, -0.2) is 12.6 Å². The minimum atomic E-state index is -0.309. The van der Waals surface area contributed by atoms with Crippen molar-refractivity contribution < 1.29 is 9.53 Å². The molecule has 0 heterocycles. The van der Waals surface area contributed by atoms with E-state index in [1.54, 1.807) is 19.1 Å². The van der Waals surface area contributed by atoms with E-state index in [2.05, 4.69) is 6.07 Å². The summed E-state index contributed by atoms with van der Waals surface area (Å²) in [6.45, 7) is 2.16. The van der Waals surface area contributed by atoms with Crippen molar-refractivity contribution >= 4 is 5.97 Å². The maximum Gasteiger partial charge on any atom is 0.338 e. The molecule has 0 aromatic heterocycles. The van der Waals surface area contributed by atoms with E-state index in [9.17, 15) is 4.79 Å². The Balaban J connectivity index is 2.18. The van der Waals surface area contributed by atoms with Gasteiger partial charge >= 0.3 is 5.97 Å². The normalized spacial score (nSPS) is 16.2. The third-order valence-electron chi connectivity index (χ3n) is 2.91. The highest BCUT2D eigenvalue weighted by atomic mass is 16.5. The van der Waals surface area contributed by atoms with E-state index in [0.29, 0.717) is 12.2 Å². The molecule has 0 N–H and O–H groups in total. The number of hydrogen-bond donors (Lipinski definition) is 0. The summed E-state index contributed by atoms with van der Waals surface area (Å²) in [4.78, 5) is 11.4. The van der Waals surface area contributed by atoms with Crippen LogP contribution in [0.5, 0.6) is 0 Å². The van der Waals surface area contributed by atoms with Gasteiger partial charge in [0.2, 0.25) is 0 Å². The van der Waals surface area contributed by atoms with Crippen molar-refractivity contribution in [1.82, 2.24) is 0 Å². The standard InChI is InChI=1S/C13H13NO2/c1-2-16-12(15)10-3-5-11(6-4-10)13(9-14)7-8-13/h3-6H,2,7-8H2,1H3. The average Bonchev–Trinajstić information content (AvgIpc) is 3.10. The van der Waals surface area contributed by atoms with Gasteiger partial charge in [0.1, 0.15) is 0 Å². The summed E-state index contributed by atoms with van der Waals surface area (Å²) in [5.74, 6) is -0.309. The van der Waals surface area contributed by atoms with E-state index < -0.39 is 0 Å². The molecule has 0 bridgehead atoms. The predicted octanol–water partition coefficient (Wildman–Crippen LogP) is 2.42. The van der Waals surface area contributed by atoms with Gasteiger partial charge in [-0.1, -0.05) is 12.1 Å². The third kappa shape index (κ3) is 1.79. The summed E-state index contributed by atoms with van der Waals surface area (Å²) in [6.07, 6.45) is 1.84. The number of esters is 1. The Morgan fingerprint density at radius 1 is 1.44 bits per heavy atom. The zero-order valence-corrected chi connectivity index (χ0v) is 9.19. The molecule has 16 heavy (non-hydrogen) atoms. The van der Waals surface area contributed by atoms with Gasteiger partial charge in [-0.15, -0.1) is 0 Å². The van der Waals surface area contributed by atoms with Gasteiger partial charge in [0.25, 0.3) is 0 Å². The second-order valence-electron chi connectivity index (χ2n) is 3.99. The molecule has 0 spiro atoms. The van der Waals surface area contributed by atoms with Crippen LogP contribution in [0, 0.1) is 11.3 Å². The summed E-state index contributed by atoms with van der Waals surface area (Å²) in [5.41, 5.74) is 1.26. The number of hydrogen-bond acceptors (Lipinski definition) is 3. The molecule has 1 aromatic rings. The number of rotatable bonds is 3. The molecule has 3 heteroatoms. The molecule has 1 fully saturated rings. The van der Waals surface area contributed by atoms with Gasteiger partial charge in [0, 0.05) is 0 Å². The number of nitriles is 1. The fourth-order valence-electron chi connectivity index (χ4n) is 1.73. The summed E-state index contributed by atoms with van der Waals surface area (Å²) in [5, 5.41) is 9.03.